The zero-order valence-electron chi connectivity index (χ0n) is 11.3. The molecule has 0 radical (unpaired) electrons. The topological polar surface area (TPSA) is 96.5 Å². The molecule has 1 aliphatic heterocycles. The van der Waals surface area contributed by atoms with E-state index in [1.165, 1.54) is 0 Å². The van der Waals surface area contributed by atoms with Crippen LogP contribution in [0.25, 0.3) is 0 Å². The number of hydrogen-bond acceptors (Lipinski definition) is 4. The van der Waals surface area contributed by atoms with Crippen molar-refractivity contribution < 1.29 is 19.1 Å². The second kappa shape index (κ2) is 4.40. The molecule has 1 heterocycles. The summed E-state index contributed by atoms with van der Waals surface area (Å²) in [5.41, 5.74) is -1.62. The molecule has 7 nitrogen and oxygen atoms in total. The summed E-state index contributed by atoms with van der Waals surface area (Å²) in [6.45, 7) is 5.32. The van der Waals surface area contributed by atoms with Gasteiger partial charge in [0.25, 0.3) is 5.91 Å². The van der Waals surface area contributed by atoms with Crippen molar-refractivity contribution in [3.63, 3.8) is 0 Å². The molecule has 2 fully saturated rings. The van der Waals surface area contributed by atoms with Gasteiger partial charge in [0.15, 0.2) is 0 Å². The largest absolute Gasteiger partial charge is 0.444 e. The van der Waals surface area contributed by atoms with Crippen LogP contribution in [-0.2, 0) is 9.53 Å². The number of imide groups is 1. The van der Waals surface area contributed by atoms with Crippen molar-refractivity contribution in [1.82, 2.24) is 16.0 Å². The SMILES string of the molecule is CC(C)(C)OC(=O)NCC1(C2CC2)NC(=O)NC1=O. The van der Waals surface area contributed by atoms with E-state index >= 15 is 0 Å². The molecule has 1 unspecified atom stereocenters. The lowest BCUT2D eigenvalue weighted by Gasteiger charge is -2.27. The van der Waals surface area contributed by atoms with E-state index in [9.17, 15) is 14.4 Å². The molecule has 1 atom stereocenters. The van der Waals surface area contributed by atoms with Crippen LogP contribution in [0.5, 0.6) is 0 Å². The molecular formula is C12H19N3O4. The number of ether oxygens (including phenoxy) is 1. The first-order valence-corrected chi connectivity index (χ1v) is 6.33. The van der Waals surface area contributed by atoms with Crippen molar-refractivity contribution in [3.05, 3.63) is 0 Å². The lowest BCUT2D eigenvalue weighted by atomic mass is 9.93. The van der Waals surface area contributed by atoms with Gasteiger partial charge >= 0.3 is 12.1 Å². The van der Waals surface area contributed by atoms with Crippen molar-refractivity contribution in [1.29, 1.82) is 0 Å². The summed E-state index contributed by atoms with van der Waals surface area (Å²) in [5.74, 6) is -0.301. The standard InChI is InChI=1S/C12H19N3O4/c1-11(2,3)19-10(18)13-6-12(7-4-5-7)8(16)14-9(17)15-12/h7H,4-6H2,1-3H3,(H,13,18)(H2,14,15,16,17). The Morgan fingerprint density at radius 2 is 2.05 bits per heavy atom. The summed E-state index contributed by atoms with van der Waals surface area (Å²) >= 11 is 0. The zero-order chi connectivity index (χ0) is 14.3. The van der Waals surface area contributed by atoms with Crippen LogP contribution in [0.1, 0.15) is 33.6 Å². The number of urea groups is 1. The fraction of sp³-hybridized carbons (Fsp3) is 0.750. The zero-order valence-corrected chi connectivity index (χ0v) is 11.3. The Kier molecular flexibility index (Phi) is 3.15. The van der Waals surface area contributed by atoms with E-state index in [1.807, 2.05) is 0 Å². The highest BCUT2D eigenvalue weighted by atomic mass is 16.6. The molecule has 1 aliphatic carbocycles. The van der Waals surface area contributed by atoms with E-state index in [0.29, 0.717) is 0 Å². The van der Waals surface area contributed by atoms with Crippen LogP contribution in [0.3, 0.4) is 0 Å². The number of amides is 4. The Labute approximate surface area is 111 Å². The quantitative estimate of drug-likeness (QED) is 0.650. The summed E-state index contributed by atoms with van der Waals surface area (Å²) in [7, 11) is 0. The van der Waals surface area contributed by atoms with Crippen molar-refractivity contribution >= 4 is 18.0 Å². The fourth-order valence-electron chi connectivity index (χ4n) is 2.16. The molecule has 0 aromatic rings. The van der Waals surface area contributed by atoms with Gasteiger partial charge in [-0.3, -0.25) is 10.1 Å². The highest BCUT2D eigenvalue weighted by Crippen LogP contribution is 2.41. The molecule has 0 aromatic heterocycles. The predicted molar refractivity (Wildman–Crippen MR) is 66.4 cm³/mol. The summed E-state index contributed by atoms with van der Waals surface area (Å²) in [4.78, 5) is 34.8. The van der Waals surface area contributed by atoms with Gasteiger partial charge in [0.2, 0.25) is 0 Å². The first-order valence-electron chi connectivity index (χ1n) is 6.33. The third-order valence-corrected chi connectivity index (χ3v) is 3.15. The summed E-state index contributed by atoms with van der Waals surface area (Å²) < 4.78 is 5.11. The number of carbonyl (C=O) groups is 3. The molecule has 0 bridgehead atoms. The molecule has 3 N–H and O–H groups in total. The first kappa shape index (κ1) is 13.6. The van der Waals surface area contributed by atoms with Gasteiger partial charge in [-0.15, -0.1) is 0 Å². The van der Waals surface area contributed by atoms with E-state index in [0.717, 1.165) is 12.8 Å². The maximum absolute atomic E-state index is 11.9. The van der Waals surface area contributed by atoms with Crippen LogP contribution < -0.4 is 16.0 Å². The second-order valence-corrected chi connectivity index (χ2v) is 6.01. The number of nitrogens with one attached hydrogen (secondary N) is 3. The minimum absolute atomic E-state index is 0.0458. The molecule has 2 rings (SSSR count). The fourth-order valence-corrected chi connectivity index (χ4v) is 2.16. The van der Waals surface area contributed by atoms with E-state index in [-0.39, 0.29) is 18.4 Å². The van der Waals surface area contributed by atoms with Crippen molar-refractivity contribution in [2.24, 2.45) is 5.92 Å². The lowest BCUT2D eigenvalue weighted by Crippen LogP contribution is -2.57. The maximum atomic E-state index is 11.9. The van der Waals surface area contributed by atoms with Gasteiger partial charge in [0, 0.05) is 0 Å². The number of rotatable bonds is 3. The van der Waals surface area contributed by atoms with Gasteiger partial charge in [-0.2, -0.15) is 0 Å². The maximum Gasteiger partial charge on any atom is 0.407 e. The van der Waals surface area contributed by atoms with Crippen LogP contribution >= 0.6 is 0 Å². The van der Waals surface area contributed by atoms with Gasteiger partial charge in [0.05, 0.1) is 6.54 Å². The summed E-state index contributed by atoms with van der Waals surface area (Å²) in [5, 5.41) is 7.40. The van der Waals surface area contributed by atoms with E-state index in [1.54, 1.807) is 20.8 Å². The van der Waals surface area contributed by atoms with Crippen molar-refractivity contribution in [2.45, 2.75) is 44.8 Å². The van der Waals surface area contributed by atoms with Gasteiger partial charge < -0.3 is 15.4 Å². The Bertz CT molecular complexity index is 425. The third kappa shape index (κ3) is 2.97. The van der Waals surface area contributed by atoms with Crippen molar-refractivity contribution in [2.75, 3.05) is 6.54 Å². The Morgan fingerprint density at radius 1 is 1.42 bits per heavy atom. The lowest BCUT2D eigenvalue weighted by molar-refractivity contribution is -0.124. The van der Waals surface area contributed by atoms with E-state index in [4.69, 9.17) is 4.74 Å². The minimum atomic E-state index is -1.02. The van der Waals surface area contributed by atoms with Crippen LogP contribution in [0.2, 0.25) is 0 Å². The number of hydrogen-bond donors (Lipinski definition) is 3. The van der Waals surface area contributed by atoms with Gasteiger partial charge in [0.1, 0.15) is 11.1 Å². The first-order chi connectivity index (χ1) is 8.73. The number of carbonyl (C=O) groups excluding carboxylic acids is 3. The average molecular weight is 269 g/mol. The predicted octanol–water partition coefficient (Wildman–Crippen LogP) is 0.499. The highest BCUT2D eigenvalue weighted by Gasteiger charge is 2.56. The monoisotopic (exact) mass is 269 g/mol. The molecule has 106 valence electrons. The molecule has 19 heavy (non-hydrogen) atoms. The molecule has 1 saturated heterocycles. The van der Waals surface area contributed by atoms with Gasteiger partial charge in [-0.05, 0) is 39.5 Å². The molecule has 1 saturated carbocycles. The molecule has 0 aromatic carbocycles. The highest BCUT2D eigenvalue weighted by molar-refractivity contribution is 6.07. The Balaban J connectivity index is 1.97. The Hall–Kier alpha value is -1.79. The Morgan fingerprint density at radius 3 is 2.47 bits per heavy atom. The molecule has 2 aliphatic rings. The van der Waals surface area contributed by atoms with E-state index < -0.39 is 23.3 Å². The summed E-state index contributed by atoms with van der Waals surface area (Å²) in [6, 6.07) is -0.511. The summed E-state index contributed by atoms with van der Waals surface area (Å²) in [6.07, 6.45) is 1.13. The van der Waals surface area contributed by atoms with Crippen LogP contribution in [0.4, 0.5) is 9.59 Å². The molecule has 7 heteroatoms. The molecule has 4 amide bonds. The average Bonchev–Trinajstić information content (AvgIpc) is 3.01. The van der Waals surface area contributed by atoms with Crippen LogP contribution in [-0.4, -0.2) is 35.7 Å². The smallest absolute Gasteiger partial charge is 0.407 e. The van der Waals surface area contributed by atoms with Crippen LogP contribution in [0, 0.1) is 5.92 Å². The molecular weight excluding hydrogens is 250 g/mol. The normalized spacial score (nSPS) is 26.7. The second-order valence-electron chi connectivity index (χ2n) is 6.01. The van der Waals surface area contributed by atoms with E-state index in [2.05, 4.69) is 16.0 Å². The number of alkyl carbamates (subject to hydrolysis) is 1. The molecule has 0 spiro atoms. The van der Waals surface area contributed by atoms with Crippen molar-refractivity contribution in [3.8, 4) is 0 Å². The van der Waals surface area contributed by atoms with Gasteiger partial charge in [-0.25, -0.2) is 9.59 Å². The van der Waals surface area contributed by atoms with Crippen LogP contribution in [0.15, 0.2) is 0 Å². The minimum Gasteiger partial charge on any atom is -0.444 e. The third-order valence-electron chi connectivity index (χ3n) is 3.15. The van der Waals surface area contributed by atoms with Gasteiger partial charge in [-0.1, -0.05) is 0 Å².